The second-order valence-electron chi connectivity index (χ2n) is 5.55. The van der Waals surface area contributed by atoms with E-state index in [1.807, 2.05) is 21.0 Å². The first kappa shape index (κ1) is 15.4. The van der Waals surface area contributed by atoms with Crippen LogP contribution in [0.3, 0.4) is 0 Å². The first-order chi connectivity index (χ1) is 8.54. The van der Waals surface area contributed by atoms with Crippen LogP contribution in [-0.4, -0.2) is 50.2 Å². The average Bonchev–Trinajstić information content (AvgIpc) is 2.74. The third-order valence-electron chi connectivity index (χ3n) is 3.88. The molecular weight excluding hydrogens is 228 g/mol. The van der Waals surface area contributed by atoms with E-state index in [9.17, 15) is 4.79 Å². The van der Waals surface area contributed by atoms with Gasteiger partial charge in [-0.25, -0.2) is 0 Å². The molecule has 1 aliphatic rings. The molecule has 1 N–H and O–H groups in total. The van der Waals surface area contributed by atoms with Gasteiger partial charge in [-0.1, -0.05) is 13.3 Å². The number of rotatable bonds is 7. The zero-order valence-electron chi connectivity index (χ0n) is 12.3. The summed E-state index contributed by atoms with van der Waals surface area (Å²) in [4.78, 5) is 14.3. The molecule has 0 heterocycles. The monoisotopic (exact) mass is 256 g/mol. The molecule has 4 nitrogen and oxygen atoms in total. The van der Waals surface area contributed by atoms with Crippen LogP contribution in [0.5, 0.6) is 0 Å². The lowest BCUT2D eigenvalue weighted by Crippen LogP contribution is -2.52. The van der Waals surface area contributed by atoms with Crippen LogP contribution >= 0.6 is 0 Å². The minimum atomic E-state index is -0.424. The SMILES string of the molecule is CCOC(=O)C1(NCCN(C)C)CCC(CC)C1. The highest BCUT2D eigenvalue weighted by Crippen LogP contribution is 2.37. The summed E-state index contributed by atoms with van der Waals surface area (Å²) in [6.07, 6.45) is 4.12. The van der Waals surface area contributed by atoms with Gasteiger partial charge in [0.25, 0.3) is 0 Å². The number of hydrogen-bond donors (Lipinski definition) is 1. The minimum absolute atomic E-state index is 0.0558. The normalized spacial score (nSPS) is 27.7. The van der Waals surface area contributed by atoms with E-state index in [0.29, 0.717) is 12.5 Å². The van der Waals surface area contributed by atoms with Gasteiger partial charge in [-0.3, -0.25) is 4.79 Å². The Hall–Kier alpha value is -0.610. The molecule has 1 rings (SSSR count). The average molecular weight is 256 g/mol. The maximum Gasteiger partial charge on any atom is 0.326 e. The van der Waals surface area contributed by atoms with Crippen molar-refractivity contribution in [1.82, 2.24) is 10.2 Å². The molecule has 2 unspecified atom stereocenters. The van der Waals surface area contributed by atoms with Crippen LogP contribution in [-0.2, 0) is 9.53 Å². The number of carbonyl (C=O) groups excluding carboxylic acids is 1. The van der Waals surface area contributed by atoms with Crippen molar-refractivity contribution < 1.29 is 9.53 Å². The molecule has 2 atom stereocenters. The van der Waals surface area contributed by atoms with Gasteiger partial charge < -0.3 is 15.0 Å². The summed E-state index contributed by atoms with van der Waals surface area (Å²) < 4.78 is 5.26. The molecule has 4 heteroatoms. The molecular formula is C14H28N2O2. The predicted octanol–water partition coefficient (Wildman–Crippen LogP) is 1.65. The number of nitrogens with zero attached hydrogens (tertiary/aromatic N) is 1. The highest BCUT2D eigenvalue weighted by molar-refractivity contribution is 5.81. The van der Waals surface area contributed by atoms with E-state index in [4.69, 9.17) is 4.74 Å². The predicted molar refractivity (Wildman–Crippen MR) is 73.6 cm³/mol. The third-order valence-corrected chi connectivity index (χ3v) is 3.88. The Morgan fingerprint density at radius 2 is 2.17 bits per heavy atom. The standard InChI is InChI=1S/C14H28N2O2/c1-5-12-7-8-14(11-12,13(17)18-6-2)15-9-10-16(3)4/h12,15H,5-11H2,1-4H3. The molecule has 1 fully saturated rings. The number of hydrogen-bond acceptors (Lipinski definition) is 4. The summed E-state index contributed by atoms with van der Waals surface area (Å²) in [6, 6.07) is 0. The Balaban J connectivity index is 2.61. The van der Waals surface area contributed by atoms with E-state index in [0.717, 1.165) is 38.8 Å². The van der Waals surface area contributed by atoms with Crippen LogP contribution in [0.4, 0.5) is 0 Å². The fraction of sp³-hybridized carbons (Fsp3) is 0.929. The van der Waals surface area contributed by atoms with Gasteiger partial charge in [0.05, 0.1) is 6.61 Å². The van der Waals surface area contributed by atoms with E-state index in [1.54, 1.807) is 0 Å². The first-order valence-corrected chi connectivity index (χ1v) is 7.11. The molecule has 0 aromatic heterocycles. The maximum absolute atomic E-state index is 12.2. The molecule has 1 aliphatic carbocycles. The Morgan fingerprint density at radius 1 is 1.44 bits per heavy atom. The van der Waals surface area contributed by atoms with Crippen molar-refractivity contribution in [1.29, 1.82) is 0 Å². The molecule has 106 valence electrons. The number of likely N-dealkylation sites (N-methyl/N-ethyl adjacent to an activating group) is 1. The molecule has 0 spiro atoms. The highest BCUT2D eigenvalue weighted by Gasteiger charge is 2.45. The number of carbonyl (C=O) groups is 1. The first-order valence-electron chi connectivity index (χ1n) is 7.11. The minimum Gasteiger partial charge on any atom is -0.465 e. The van der Waals surface area contributed by atoms with Crippen LogP contribution in [0.25, 0.3) is 0 Å². The zero-order chi connectivity index (χ0) is 13.6. The smallest absolute Gasteiger partial charge is 0.326 e. The van der Waals surface area contributed by atoms with E-state index in [2.05, 4.69) is 17.1 Å². The van der Waals surface area contributed by atoms with Crippen LogP contribution in [0.1, 0.15) is 39.5 Å². The van der Waals surface area contributed by atoms with Crippen LogP contribution in [0.15, 0.2) is 0 Å². The van der Waals surface area contributed by atoms with Gasteiger partial charge in [0.15, 0.2) is 0 Å². The van der Waals surface area contributed by atoms with Crippen LogP contribution in [0, 0.1) is 5.92 Å². The fourth-order valence-electron chi connectivity index (χ4n) is 2.70. The number of ether oxygens (including phenoxy) is 1. The Bertz CT molecular complexity index is 269. The van der Waals surface area contributed by atoms with Crippen molar-refractivity contribution >= 4 is 5.97 Å². The van der Waals surface area contributed by atoms with E-state index in [-0.39, 0.29) is 5.97 Å². The summed E-state index contributed by atoms with van der Waals surface area (Å²) in [5.74, 6) is 0.598. The fourth-order valence-corrected chi connectivity index (χ4v) is 2.70. The van der Waals surface area contributed by atoms with Gasteiger partial charge in [-0.05, 0) is 46.2 Å². The number of esters is 1. The van der Waals surface area contributed by atoms with Gasteiger partial charge in [-0.2, -0.15) is 0 Å². The molecule has 0 aromatic carbocycles. The Kier molecular flexibility index (Phi) is 6.09. The van der Waals surface area contributed by atoms with Crippen molar-refractivity contribution in [3.05, 3.63) is 0 Å². The molecule has 0 bridgehead atoms. The molecule has 0 amide bonds. The second kappa shape index (κ2) is 7.10. The summed E-state index contributed by atoms with van der Waals surface area (Å²) in [5.41, 5.74) is -0.424. The lowest BCUT2D eigenvalue weighted by Gasteiger charge is -2.29. The van der Waals surface area contributed by atoms with Gasteiger partial charge in [0, 0.05) is 13.1 Å². The van der Waals surface area contributed by atoms with Gasteiger partial charge in [0.2, 0.25) is 0 Å². The van der Waals surface area contributed by atoms with Crippen molar-refractivity contribution in [2.45, 2.75) is 45.1 Å². The van der Waals surface area contributed by atoms with Crippen LogP contribution < -0.4 is 5.32 Å². The summed E-state index contributed by atoms with van der Waals surface area (Å²) >= 11 is 0. The second-order valence-corrected chi connectivity index (χ2v) is 5.55. The Morgan fingerprint density at radius 3 is 2.67 bits per heavy atom. The maximum atomic E-state index is 12.2. The van der Waals surface area contributed by atoms with Crippen molar-refractivity contribution in [3.63, 3.8) is 0 Å². The van der Waals surface area contributed by atoms with Crippen LogP contribution in [0.2, 0.25) is 0 Å². The van der Waals surface area contributed by atoms with Crippen molar-refractivity contribution in [3.8, 4) is 0 Å². The van der Waals surface area contributed by atoms with Crippen molar-refractivity contribution in [2.24, 2.45) is 5.92 Å². The highest BCUT2D eigenvalue weighted by atomic mass is 16.5. The third kappa shape index (κ3) is 3.95. The topological polar surface area (TPSA) is 41.6 Å². The van der Waals surface area contributed by atoms with E-state index >= 15 is 0 Å². The van der Waals surface area contributed by atoms with E-state index in [1.165, 1.54) is 0 Å². The van der Waals surface area contributed by atoms with Gasteiger partial charge in [-0.15, -0.1) is 0 Å². The molecule has 0 saturated heterocycles. The molecule has 18 heavy (non-hydrogen) atoms. The molecule has 0 aliphatic heterocycles. The van der Waals surface area contributed by atoms with Crippen molar-refractivity contribution in [2.75, 3.05) is 33.8 Å². The van der Waals surface area contributed by atoms with Gasteiger partial charge >= 0.3 is 5.97 Å². The number of nitrogens with one attached hydrogen (secondary N) is 1. The summed E-state index contributed by atoms with van der Waals surface area (Å²) in [5, 5.41) is 3.46. The largest absolute Gasteiger partial charge is 0.465 e. The quantitative estimate of drug-likeness (QED) is 0.703. The molecule has 1 saturated carbocycles. The summed E-state index contributed by atoms with van der Waals surface area (Å²) in [6.45, 7) is 6.32. The lowest BCUT2D eigenvalue weighted by molar-refractivity contribution is -0.151. The molecule has 0 aromatic rings. The van der Waals surface area contributed by atoms with E-state index < -0.39 is 5.54 Å². The Labute approximate surface area is 111 Å². The molecule has 0 radical (unpaired) electrons. The lowest BCUT2D eigenvalue weighted by atomic mass is 9.95. The van der Waals surface area contributed by atoms with Gasteiger partial charge in [0.1, 0.15) is 5.54 Å². The zero-order valence-corrected chi connectivity index (χ0v) is 12.3. The summed E-state index contributed by atoms with van der Waals surface area (Å²) in [7, 11) is 4.09.